The van der Waals surface area contributed by atoms with Crippen LogP contribution in [0.1, 0.15) is 46.5 Å². The molecule has 1 aliphatic rings. The molecule has 1 N–H and O–H groups in total. The number of nitrogens with one attached hydrogen (secondary N) is 1. The highest BCUT2D eigenvalue weighted by Crippen LogP contribution is 2.34. The van der Waals surface area contributed by atoms with Crippen molar-refractivity contribution in [2.75, 3.05) is 13.1 Å². The van der Waals surface area contributed by atoms with Crippen molar-refractivity contribution in [3.63, 3.8) is 0 Å². The van der Waals surface area contributed by atoms with E-state index in [2.05, 4.69) is 12.2 Å². The van der Waals surface area contributed by atoms with Crippen LogP contribution in [-0.2, 0) is 9.53 Å². The van der Waals surface area contributed by atoms with Gasteiger partial charge in [-0.1, -0.05) is 13.8 Å². The quantitative estimate of drug-likeness (QED) is 0.727. The Balaban J connectivity index is 2.59. The standard InChI is InChI=1S/C12H23NO2/c1-4-10(3)15-11(14)12(5-2)6-8-13-9-7-12/h10,13H,4-9H2,1-3H3. The second kappa shape index (κ2) is 5.50. The zero-order valence-corrected chi connectivity index (χ0v) is 10.1. The van der Waals surface area contributed by atoms with Crippen molar-refractivity contribution in [1.82, 2.24) is 5.32 Å². The number of ether oxygens (including phenoxy) is 1. The third kappa shape index (κ3) is 2.94. The smallest absolute Gasteiger partial charge is 0.312 e. The number of hydrogen-bond acceptors (Lipinski definition) is 3. The molecule has 3 heteroatoms. The molecular formula is C12H23NO2. The van der Waals surface area contributed by atoms with Gasteiger partial charge in [0.15, 0.2) is 0 Å². The molecule has 1 atom stereocenters. The average molecular weight is 213 g/mol. The molecule has 0 aromatic carbocycles. The lowest BCUT2D eigenvalue weighted by atomic mass is 9.77. The lowest BCUT2D eigenvalue weighted by molar-refractivity contribution is -0.163. The lowest BCUT2D eigenvalue weighted by Gasteiger charge is -2.35. The summed E-state index contributed by atoms with van der Waals surface area (Å²) in [5.41, 5.74) is -0.214. The van der Waals surface area contributed by atoms with Gasteiger partial charge in [-0.3, -0.25) is 4.79 Å². The highest BCUT2D eigenvalue weighted by atomic mass is 16.5. The predicted molar refractivity (Wildman–Crippen MR) is 60.7 cm³/mol. The molecule has 0 aromatic rings. The maximum Gasteiger partial charge on any atom is 0.312 e. The van der Waals surface area contributed by atoms with Crippen LogP contribution in [0, 0.1) is 5.41 Å². The highest BCUT2D eigenvalue weighted by molar-refractivity contribution is 5.77. The van der Waals surface area contributed by atoms with E-state index in [4.69, 9.17) is 4.74 Å². The molecule has 0 aromatic heterocycles. The van der Waals surface area contributed by atoms with Crippen molar-refractivity contribution in [1.29, 1.82) is 0 Å². The van der Waals surface area contributed by atoms with Crippen molar-refractivity contribution < 1.29 is 9.53 Å². The van der Waals surface area contributed by atoms with Gasteiger partial charge in [0.1, 0.15) is 0 Å². The molecule has 1 aliphatic heterocycles. The van der Waals surface area contributed by atoms with Gasteiger partial charge in [-0.05, 0) is 45.7 Å². The van der Waals surface area contributed by atoms with Crippen LogP contribution in [0.15, 0.2) is 0 Å². The molecule has 1 fully saturated rings. The minimum atomic E-state index is -0.214. The summed E-state index contributed by atoms with van der Waals surface area (Å²) in [5, 5.41) is 3.29. The molecule has 0 amide bonds. The molecule has 1 rings (SSSR count). The predicted octanol–water partition coefficient (Wildman–Crippen LogP) is 2.11. The van der Waals surface area contributed by atoms with E-state index < -0.39 is 0 Å². The molecule has 0 radical (unpaired) electrons. The van der Waals surface area contributed by atoms with Crippen molar-refractivity contribution >= 4 is 5.97 Å². The van der Waals surface area contributed by atoms with Gasteiger partial charge in [-0.25, -0.2) is 0 Å². The Labute approximate surface area is 92.6 Å². The Morgan fingerprint density at radius 2 is 2.00 bits per heavy atom. The fourth-order valence-electron chi connectivity index (χ4n) is 2.00. The van der Waals surface area contributed by atoms with Gasteiger partial charge in [0.05, 0.1) is 11.5 Å². The number of rotatable bonds is 4. The molecular weight excluding hydrogens is 190 g/mol. The second-order valence-corrected chi connectivity index (χ2v) is 4.51. The van der Waals surface area contributed by atoms with Gasteiger partial charge in [0, 0.05) is 0 Å². The maximum atomic E-state index is 12.1. The van der Waals surface area contributed by atoms with Gasteiger partial charge < -0.3 is 10.1 Å². The molecule has 0 saturated carbocycles. The number of piperidine rings is 1. The Hall–Kier alpha value is -0.570. The topological polar surface area (TPSA) is 38.3 Å². The number of carbonyl (C=O) groups is 1. The van der Waals surface area contributed by atoms with Crippen LogP contribution in [0.5, 0.6) is 0 Å². The van der Waals surface area contributed by atoms with Crippen LogP contribution in [0.25, 0.3) is 0 Å². The SMILES string of the molecule is CCC(C)OC(=O)C1(CC)CCNCC1. The summed E-state index contributed by atoms with van der Waals surface area (Å²) < 4.78 is 5.47. The maximum absolute atomic E-state index is 12.1. The van der Waals surface area contributed by atoms with Gasteiger partial charge in [0.2, 0.25) is 0 Å². The first-order chi connectivity index (χ1) is 7.14. The highest BCUT2D eigenvalue weighted by Gasteiger charge is 2.39. The minimum absolute atomic E-state index is 0.0147. The largest absolute Gasteiger partial charge is 0.462 e. The third-order valence-corrected chi connectivity index (χ3v) is 3.55. The van der Waals surface area contributed by atoms with Crippen LogP contribution < -0.4 is 5.32 Å². The van der Waals surface area contributed by atoms with E-state index in [9.17, 15) is 4.79 Å². The monoisotopic (exact) mass is 213 g/mol. The van der Waals surface area contributed by atoms with Gasteiger partial charge in [-0.2, -0.15) is 0 Å². The lowest BCUT2D eigenvalue weighted by Crippen LogP contribution is -2.43. The molecule has 0 spiro atoms. The van der Waals surface area contributed by atoms with Crippen LogP contribution >= 0.6 is 0 Å². The summed E-state index contributed by atoms with van der Waals surface area (Å²) in [6.45, 7) is 7.96. The summed E-state index contributed by atoms with van der Waals surface area (Å²) in [6.07, 6.45) is 3.67. The summed E-state index contributed by atoms with van der Waals surface area (Å²) in [5.74, 6) is 0.0147. The summed E-state index contributed by atoms with van der Waals surface area (Å²) >= 11 is 0. The summed E-state index contributed by atoms with van der Waals surface area (Å²) in [7, 11) is 0. The molecule has 88 valence electrons. The van der Waals surface area contributed by atoms with Crippen molar-refractivity contribution in [3.05, 3.63) is 0 Å². The van der Waals surface area contributed by atoms with Crippen LogP contribution in [0.3, 0.4) is 0 Å². The summed E-state index contributed by atoms with van der Waals surface area (Å²) in [6, 6.07) is 0. The zero-order valence-electron chi connectivity index (χ0n) is 10.1. The van der Waals surface area contributed by atoms with Crippen molar-refractivity contribution in [2.24, 2.45) is 5.41 Å². The first-order valence-corrected chi connectivity index (χ1v) is 6.06. The Morgan fingerprint density at radius 1 is 1.40 bits per heavy atom. The number of hydrogen-bond donors (Lipinski definition) is 1. The molecule has 0 bridgehead atoms. The van der Waals surface area contributed by atoms with Crippen LogP contribution in [0.4, 0.5) is 0 Å². The molecule has 1 saturated heterocycles. The number of esters is 1. The van der Waals surface area contributed by atoms with Crippen molar-refractivity contribution in [3.8, 4) is 0 Å². The fourth-order valence-corrected chi connectivity index (χ4v) is 2.00. The van der Waals surface area contributed by atoms with Gasteiger partial charge in [-0.15, -0.1) is 0 Å². The van der Waals surface area contributed by atoms with Gasteiger partial charge >= 0.3 is 5.97 Å². The van der Waals surface area contributed by atoms with Crippen LogP contribution in [-0.4, -0.2) is 25.2 Å². The Kier molecular flexibility index (Phi) is 4.58. The van der Waals surface area contributed by atoms with E-state index in [1.807, 2.05) is 13.8 Å². The van der Waals surface area contributed by atoms with Crippen molar-refractivity contribution in [2.45, 2.75) is 52.6 Å². The molecule has 15 heavy (non-hydrogen) atoms. The zero-order chi connectivity index (χ0) is 11.3. The first kappa shape index (κ1) is 12.5. The molecule has 0 aliphatic carbocycles. The second-order valence-electron chi connectivity index (χ2n) is 4.51. The Morgan fingerprint density at radius 3 is 2.47 bits per heavy atom. The van der Waals surface area contributed by atoms with Crippen LogP contribution in [0.2, 0.25) is 0 Å². The van der Waals surface area contributed by atoms with Gasteiger partial charge in [0.25, 0.3) is 0 Å². The van der Waals surface area contributed by atoms with E-state index in [-0.39, 0.29) is 17.5 Å². The molecule has 1 heterocycles. The average Bonchev–Trinajstić information content (AvgIpc) is 2.29. The van der Waals surface area contributed by atoms with E-state index in [1.165, 1.54) is 0 Å². The molecule has 3 nitrogen and oxygen atoms in total. The van der Waals surface area contributed by atoms with E-state index in [1.54, 1.807) is 0 Å². The third-order valence-electron chi connectivity index (χ3n) is 3.55. The Bertz CT molecular complexity index is 210. The summed E-state index contributed by atoms with van der Waals surface area (Å²) in [4.78, 5) is 12.1. The first-order valence-electron chi connectivity index (χ1n) is 6.06. The van der Waals surface area contributed by atoms with E-state index in [0.717, 1.165) is 38.8 Å². The minimum Gasteiger partial charge on any atom is -0.462 e. The fraction of sp³-hybridized carbons (Fsp3) is 0.917. The van der Waals surface area contributed by atoms with E-state index in [0.29, 0.717) is 0 Å². The normalized spacial score (nSPS) is 22.1. The number of carbonyl (C=O) groups excluding carboxylic acids is 1. The molecule has 1 unspecified atom stereocenters. The van der Waals surface area contributed by atoms with E-state index >= 15 is 0 Å².